The molecule has 0 bridgehead atoms. The average Bonchev–Trinajstić information content (AvgIpc) is 1.59. The molecular formula is C9H18CsO-. The Morgan fingerprint density at radius 3 is 1.82 bits per heavy atom. The van der Waals surface area contributed by atoms with Gasteiger partial charge in [-0.3, -0.25) is 0 Å². The molecule has 2 heteroatoms. The van der Waals surface area contributed by atoms with Crippen LogP contribution in [0.1, 0.15) is 26.7 Å². The second-order valence-electron chi connectivity index (χ2n) is 3.09. The molecule has 2 atom stereocenters. The summed E-state index contributed by atoms with van der Waals surface area (Å²) in [5.41, 5.74) is 0. The van der Waals surface area contributed by atoms with Crippen molar-refractivity contribution in [2.24, 2.45) is 5.92 Å². The molecule has 1 aliphatic rings. The normalized spacial score (nSPS) is 36.8. The molecule has 0 amide bonds. The quantitative estimate of drug-likeness (QED) is 0.541. The van der Waals surface area contributed by atoms with Crippen molar-refractivity contribution < 1.29 is 73.6 Å². The third kappa shape index (κ3) is 6.13. The van der Waals surface area contributed by atoms with E-state index >= 15 is 0 Å². The van der Waals surface area contributed by atoms with E-state index in [0.717, 1.165) is 12.8 Å². The van der Waals surface area contributed by atoms with Gasteiger partial charge in [-0.2, -0.15) is 5.92 Å². The van der Waals surface area contributed by atoms with Gasteiger partial charge in [0.2, 0.25) is 0 Å². The molecule has 0 aromatic carbocycles. The molecule has 0 aliphatic carbocycles. The van der Waals surface area contributed by atoms with Crippen molar-refractivity contribution in [2.45, 2.75) is 38.9 Å². The third-order valence-corrected chi connectivity index (χ3v) is 1.80. The van der Waals surface area contributed by atoms with Gasteiger partial charge in [-0.15, -0.1) is 0 Å². The van der Waals surface area contributed by atoms with Crippen molar-refractivity contribution >= 4 is 0 Å². The summed E-state index contributed by atoms with van der Waals surface area (Å²) < 4.78 is 5.52. The number of rotatable bonds is 0. The van der Waals surface area contributed by atoms with E-state index in [1.54, 1.807) is 0 Å². The van der Waals surface area contributed by atoms with Gasteiger partial charge in [0.05, 0.1) is 12.2 Å². The van der Waals surface area contributed by atoms with E-state index in [2.05, 4.69) is 20.8 Å². The monoisotopic (exact) mass is 275 g/mol. The van der Waals surface area contributed by atoms with Crippen LogP contribution in [-0.4, -0.2) is 12.2 Å². The Balaban J connectivity index is 0. The summed E-state index contributed by atoms with van der Waals surface area (Å²) in [5.74, 6) is 0.615. The molecule has 0 aromatic heterocycles. The van der Waals surface area contributed by atoms with E-state index in [4.69, 9.17) is 4.74 Å². The van der Waals surface area contributed by atoms with Crippen molar-refractivity contribution in [3.05, 3.63) is 14.4 Å². The molecule has 1 fully saturated rings. The number of hydrogen-bond acceptors (Lipinski definition) is 1. The summed E-state index contributed by atoms with van der Waals surface area (Å²) in [6, 6.07) is 0. The van der Waals surface area contributed by atoms with Crippen molar-refractivity contribution in [3.8, 4) is 0 Å². The van der Waals surface area contributed by atoms with E-state index in [1.807, 2.05) is 0 Å². The molecular weight excluding hydrogens is 257 g/mol. The van der Waals surface area contributed by atoms with E-state index < -0.39 is 0 Å². The van der Waals surface area contributed by atoms with Crippen molar-refractivity contribution in [3.63, 3.8) is 0 Å². The van der Waals surface area contributed by atoms with Crippen LogP contribution < -0.4 is 68.9 Å². The predicted molar refractivity (Wildman–Crippen MR) is 44.5 cm³/mol. The fraction of sp³-hybridized carbons (Fsp3) is 0.778. The molecule has 2 unspecified atom stereocenters. The summed E-state index contributed by atoms with van der Waals surface area (Å²) in [5, 5.41) is 0. The third-order valence-electron chi connectivity index (χ3n) is 1.80. The minimum Gasteiger partial charge on any atom is -0.376 e. The Bertz CT molecular complexity index is 70.5. The molecule has 1 nitrogen and oxygen atoms in total. The van der Waals surface area contributed by atoms with E-state index in [9.17, 15) is 0 Å². The van der Waals surface area contributed by atoms with Crippen LogP contribution in [0.5, 0.6) is 0 Å². The van der Waals surface area contributed by atoms with Crippen LogP contribution in [0, 0.1) is 20.3 Å². The molecule has 1 rings (SSSR count). The second kappa shape index (κ2) is 7.42. The zero-order chi connectivity index (χ0) is 6.85. The minimum atomic E-state index is 0. The zero-order valence-corrected chi connectivity index (χ0v) is 14.5. The van der Waals surface area contributed by atoms with Crippen LogP contribution in [0.15, 0.2) is 0 Å². The van der Waals surface area contributed by atoms with Gasteiger partial charge in [-0.05, 0) is 13.8 Å². The molecule has 0 spiro atoms. The molecule has 0 radical (unpaired) electrons. The first kappa shape index (κ1) is 15.5. The fourth-order valence-corrected chi connectivity index (χ4v) is 1.54. The van der Waals surface area contributed by atoms with E-state index in [0.29, 0.717) is 18.1 Å². The molecule has 1 heterocycles. The Morgan fingerprint density at radius 2 is 1.55 bits per heavy atom. The van der Waals surface area contributed by atoms with E-state index in [-0.39, 0.29) is 76.3 Å². The standard InChI is InChI=1S/C8H15O.CH3.Cs/c1-6-4-7(2)9-8(3)5-6;;/h6-8H,1,4-5H2,2-3H3;1H3;/q2*-1;+1. The van der Waals surface area contributed by atoms with Crippen LogP contribution in [-0.2, 0) is 4.74 Å². The smallest absolute Gasteiger partial charge is 0.376 e. The summed E-state index contributed by atoms with van der Waals surface area (Å²) in [6.45, 7) is 8.26. The zero-order valence-electron chi connectivity index (χ0n) is 8.26. The molecule has 0 saturated carbocycles. The first-order valence-electron chi connectivity index (χ1n) is 3.67. The van der Waals surface area contributed by atoms with Gasteiger partial charge >= 0.3 is 68.9 Å². The molecule has 1 saturated heterocycles. The maximum atomic E-state index is 5.52. The second-order valence-corrected chi connectivity index (χ2v) is 3.09. The Labute approximate surface area is 130 Å². The SMILES string of the molecule is [CH2-]C1CC(C)OC(C)C1.[CH3-].[Cs+]. The Kier molecular flexibility index (Phi) is 10.4. The number of ether oxygens (including phenoxy) is 1. The summed E-state index contributed by atoms with van der Waals surface area (Å²) >= 11 is 0. The Morgan fingerprint density at radius 1 is 1.18 bits per heavy atom. The van der Waals surface area contributed by atoms with E-state index in [1.165, 1.54) is 0 Å². The summed E-state index contributed by atoms with van der Waals surface area (Å²) in [6.07, 6.45) is 3.11. The van der Waals surface area contributed by atoms with Gasteiger partial charge in [0.25, 0.3) is 0 Å². The van der Waals surface area contributed by atoms with Crippen LogP contribution in [0.4, 0.5) is 0 Å². The number of hydrogen-bond donors (Lipinski definition) is 0. The molecule has 11 heavy (non-hydrogen) atoms. The average molecular weight is 275 g/mol. The molecule has 1 aliphatic heterocycles. The maximum absolute atomic E-state index is 5.52. The molecule has 62 valence electrons. The van der Waals surface area contributed by atoms with Crippen LogP contribution in [0.3, 0.4) is 0 Å². The maximum Gasteiger partial charge on any atom is 1.00 e. The predicted octanol–water partition coefficient (Wildman–Crippen LogP) is -0.522. The van der Waals surface area contributed by atoms with Gasteiger partial charge in [0, 0.05) is 0 Å². The minimum absolute atomic E-state index is 0. The van der Waals surface area contributed by atoms with Gasteiger partial charge in [0.15, 0.2) is 0 Å². The van der Waals surface area contributed by atoms with Crippen molar-refractivity contribution in [1.29, 1.82) is 0 Å². The van der Waals surface area contributed by atoms with Gasteiger partial charge in [-0.1, -0.05) is 12.8 Å². The Hall–Kier alpha value is 2.01. The van der Waals surface area contributed by atoms with Crippen molar-refractivity contribution in [1.82, 2.24) is 0 Å². The first-order valence-corrected chi connectivity index (χ1v) is 3.67. The topological polar surface area (TPSA) is 9.23 Å². The molecule has 0 aromatic rings. The van der Waals surface area contributed by atoms with Crippen LogP contribution >= 0.6 is 0 Å². The van der Waals surface area contributed by atoms with Gasteiger partial charge < -0.3 is 19.1 Å². The van der Waals surface area contributed by atoms with Crippen LogP contribution in [0.2, 0.25) is 0 Å². The van der Waals surface area contributed by atoms with Crippen molar-refractivity contribution in [2.75, 3.05) is 0 Å². The fourth-order valence-electron chi connectivity index (χ4n) is 1.54. The van der Waals surface area contributed by atoms with Gasteiger partial charge in [0.1, 0.15) is 0 Å². The van der Waals surface area contributed by atoms with Gasteiger partial charge in [-0.25, -0.2) is 0 Å². The molecule has 0 N–H and O–H groups in total. The largest absolute Gasteiger partial charge is 1.00 e. The first-order chi connectivity index (χ1) is 4.18. The van der Waals surface area contributed by atoms with Crippen LogP contribution in [0.25, 0.3) is 0 Å². The summed E-state index contributed by atoms with van der Waals surface area (Å²) in [4.78, 5) is 0. The summed E-state index contributed by atoms with van der Waals surface area (Å²) in [7, 11) is 0.